The molecule has 1 aromatic rings. The second-order valence-corrected chi connectivity index (χ2v) is 4.93. The van der Waals surface area contributed by atoms with Crippen molar-refractivity contribution in [1.82, 2.24) is 5.32 Å². The summed E-state index contributed by atoms with van der Waals surface area (Å²) in [6.07, 6.45) is 1.48. The van der Waals surface area contributed by atoms with Crippen molar-refractivity contribution in [2.45, 2.75) is 12.8 Å². The summed E-state index contributed by atoms with van der Waals surface area (Å²) in [5, 5.41) is 5.86. The van der Waals surface area contributed by atoms with Gasteiger partial charge in [-0.15, -0.1) is 11.3 Å². The van der Waals surface area contributed by atoms with Crippen molar-refractivity contribution >= 4 is 28.7 Å². The number of hydrogen-bond donors (Lipinski definition) is 1. The molecule has 0 saturated carbocycles. The van der Waals surface area contributed by atoms with Gasteiger partial charge in [0.05, 0.1) is 5.02 Å². The van der Waals surface area contributed by atoms with Gasteiger partial charge < -0.3 is 5.32 Å². The van der Waals surface area contributed by atoms with Gasteiger partial charge in [-0.05, 0) is 24.4 Å². The summed E-state index contributed by atoms with van der Waals surface area (Å²) in [6.45, 7) is 1.80. The van der Waals surface area contributed by atoms with Crippen LogP contribution < -0.4 is 5.32 Å². The van der Waals surface area contributed by atoms with Crippen molar-refractivity contribution < 1.29 is 4.79 Å². The smallest absolute Gasteiger partial charge is 0.142 e. The summed E-state index contributed by atoms with van der Waals surface area (Å²) in [4.78, 5) is 12.8. The Kier molecular flexibility index (Phi) is 3.21. The minimum absolute atomic E-state index is 0.202. The molecule has 1 fully saturated rings. The summed E-state index contributed by atoms with van der Waals surface area (Å²) >= 11 is 7.50. The third kappa shape index (κ3) is 2.16. The van der Waals surface area contributed by atoms with E-state index in [1.807, 2.05) is 11.4 Å². The Morgan fingerprint density at radius 2 is 2.57 bits per heavy atom. The Morgan fingerprint density at radius 1 is 1.71 bits per heavy atom. The van der Waals surface area contributed by atoms with E-state index in [2.05, 4.69) is 5.32 Å². The third-order valence-corrected chi connectivity index (χ3v) is 3.93. The molecule has 0 radical (unpaired) electrons. The second-order valence-electron chi connectivity index (χ2n) is 3.52. The number of ketones is 1. The van der Waals surface area contributed by atoms with Crippen molar-refractivity contribution in [3.63, 3.8) is 0 Å². The number of halogens is 1. The zero-order chi connectivity index (χ0) is 9.97. The molecule has 1 aliphatic heterocycles. The van der Waals surface area contributed by atoms with Gasteiger partial charge in [0.15, 0.2) is 0 Å². The van der Waals surface area contributed by atoms with Crippen LogP contribution >= 0.6 is 22.9 Å². The van der Waals surface area contributed by atoms with E-state index in [1.165, 1.54) is 0 Å². The zero-order valence-electron chi connectivity index (χ0n) is 7.75. The molecule has 0 aliphatic carbocycles. The van der Waals surface area contributed by atoms with Crippen molar-refractivity contribution in [1.29, 1.82) is 0 Å². The number of thiophene rings is 1. The molecule has 1 saturated heterocycles. The Balaban J connectivity index is 1.97. The summed E-state index contributed by atoms with van der Waals surface area (Å²) in [7, 11) is 0. The van der Waals surface area contributed by atoms with E-state index in [1.54, 1.807) is 11.3 Å². The fraction of sp³-hybridized carbons (Fsp3) is 0.500. The van der Waals surface area contributed by atoms with Gasteiger partial charge in [0.1, 0.15) is 5.78 Å². The van der Waals surface area contributed by atoms with E-state index in [4.69, 9.17) is 11.6 Å². The number of nitrogens with one attached hydrogen (secondary N) is 1. The van der Waals surface area contributed by atoms with E-state index in [9.17, 15) is 4.79 Å². The van der Waals surface area contributed by atoms with Gasteiger partial charge >= 0.3 is 0 Å². The van der Waals surface area contributed by atoms with Gasteiger partial charge in [0.25, 0.3) is 0 Å². The number of hydrogen-bond acceptors (Lipinski definition) is 3. The Bertz CT molecular complexity index is 331. The normalized spacial score (nSPS) is 21.4. The van der Waals surface area contributed by atoms with Gasteiger partial charge in [0, 0.05) is 23.8 Å². The Hall–Kier alpha value is -0.380. The maximum absolute atomic E-state index is 11.8. The summed E-state index contributed by atoms with van der Waals surface area (Å²) in [5.41, 5.74) is 0. The SMILES string of the molecule is O=C(Cc1sccc1Cl)C1CCNC1. The molecule has 1 unspecified atom stereocenters. The molecule has 2 heterocycles. The van der Waals surface area contributed by atoms with Gasteiger partial charge in [-0.3, -0.25) is 4.79 Å². The molecule has 1 aliphatic rings. The van der Waals surface area contributed by atoms with E-state index < -0.39 is 0 Å². The van der Waals surface area contributed by atoms with Crippen molar-refractivity contribution in [3.05, 3.63) is 21.3 Å². The monoisotopic (exact) mass is 229 g/mol. The highest BCUT2D eigenvalue weighted by atomic mass is 35.5. The first-order valence-corrected chi connectivity index (χ1v) is 5.98. The first-order valence-electron chi connectivity index (χ1n) is 4.72. The molecule has 14 heavy (non-hydrogen) atoms. The summed E-state index contributed by atoms with van der Waals surface area (Å²) in [6, 6.07) is 1.85. The minimum Gasteiger partial charge on any atom is -0.316 e. The van der Waals surface area contributed by atoms with Crippen LogP contribution in [0.1, 0.15) is 11.3 Å². The fourth-order valence-electron chi connectivity index (χ4n) is 1.68. The van der Waals surface area contributed by atoms with Gasteiger partial charge in [-0.1, -0.05) is 11.6 Å². The van der Waals surface area contributed by atoms with Crippen LogP contribution in [0.15, 0.2) is 11.4 Å². The van der Waals surface area contributed by atoms with Gasteiger partial charge in [-0.25, -0.2) is 0 Å². The average Bonchev–Trinajstić information content (AvgIpc) is 2.77. The van der Waals surface area contributed by atoms with Crippen LogP contribution in [0.5, 0.6) is 0 Å². The van der Waals surface area contributed by atoms with E-state index in [0.717, 1.165) is 29.4 Å². The largest absolute Gasteiger partial charge is 0.316 e. The molecular weight excluding hydrogens is 218 g/mol. The van der Waals surface area contributed by atoms with Crippen molar-refractivity contribution in [2.24, 2.45) is 5.92 Å². The highest BCUT2D eigenvalue weighted by molar-refractivity contribution is 7.10. The molecule has 1 atom stereocenters. The molecule has 0 amide bonds. The number of Topliss-reactive ketones (excluding diaryl/α,β-unsaturated/α-hetero) is 1. The number of carbonyl (C=O) groups is 1. The molecule has 0 bridgehead atoms. The molecule has 1 aromatic heterocycles. The first kappa shape index (κ1) is 10.1. The molecule has 2 nitrogen and oxygen atoms in total. The Morgan fingerprint density at radius 3 is 3.14 bits per heavy atom. The topological polar surface area (TPSA) is 29.1 Å². The zero-order valence-corrected chi connectivity index (χ0v) is 9.33. The summed E-state index contributed by atoms with van der Waals surface area (Å²) in [5.74, 6) is 0.521. The molecule has 0 spiro atoms. The van der Waals surface area contributed by atoms with Crippen LogP contribution in [0, 0.1) is 5.92 Å². The lowest BCUT2D eigenvalue weighted by Crippen LogP contribution is -2.19. The van der Waals surface area contributed by atoms with Gasteiger partial charge in [-0.2, -0.15) is 0 Å². The number of rotatable bonds is 3. The van der Waals surface area contributed by atoms with Crippen LogP contribution in [0.3, 0.4) is 0 Å². The average molecular weight is 230 g/mol. The van der Waals surface area contributed by atoms with E-state index in [0.29, 0.717) is 12.2 Å². The molecule has 4 heteroatoms. The lowest BCUT2D eigenvalue weighted by atomic mass is 10.0. The van der Waals surface area contributed by atoms with Crippen LogP contribution in [-0.2, 0) is 11.2 Å². The molecule has 1 N–H and O–H groups in total. The van der Waals surface area contributed by atoms with E-state index in [-0.39, 0.29) is 5.92 Å². The second kappa shape index (κ2) is 4.43. The highest BCUT2D eigenvalue weighted by Gasteiger charge is 2.23. The quantitative estimate of drug-likeness (QED) is 0.861. The number of carbonyl (C=O) groups excluding carboxylic acids is 1. The maximum atomic E-state index is 11.8. The van der Waals surface area contributed by atoms with Crippen LogP contribution in [-0.4, -0.2) is 18.9 Å². The minimum atomic E-state index is 0.202. The highest BCUT2D eigenvalue weighted by Crippen LogP contribution is 2.24. The molecular formula is C10H12ClNOS. The third-order valence-electron chi connectivity index (χ3n) is 2.54. The standard InChI is InChI=1S/C10H12ClNOS/c11-8-2-4-14-10(8)5-9(13)7-1-3-12-6-7/h2,4,7,12H,1,3,5-6H2. The van der Waals surface area contributed by atoms with Crippen LogP contribution in [0.2, 0.25) is 5.02 Å². The van der Waals surface area contributed by atoms with Crippen LogP contribution in [0.25, 0.3) is 0 Å². The lowest BCUT2D eigenvalue weighted by molar-refractivity contribution is -0.121. The van der Waals surface area contributed by atoms with E-state index >= 15 is 0 Å². The van der Waals surface area contributed by atoms with Gasteiger partial charge in [0.2, 0.25) is 0 Å². The van der Waals surface area contributed by atoms with Crippen LogP contribution in [0.4, 0.5) is 0 Å². The van der Waals surface area contributed by atoms with Crippen molar-refractivity contribution in [2.75, 3.05) is 13.1 Å². The van der Waals surface area contributed by atoms with Crippen molar-refractivity contribution in [3.8, 4) is 0 Å². The maximum Gasteiger partial charge on any atom is 0.142 e. The molecule has 2 rings (SSSR count). The summed E-state index contributed by atoms with van der Waals surface area (Å²) < 4.78 is 0. The molecule has 76 valence electrons. The first-order chi connectivity index (χ1) is 6.77. The molecule has 0 aromatic carbocycles. The predicted molar refractivity (Wildman–Crippen MR) is 59.0 cm³/mol. The lowest BCUT2D eigenvalue weighted by Gasteiger charge is -2.05. The fourth-order valence-corrected chi connectivity index (χ4v) is 2.80. The Labute approximate surface area is 92.3 Å². The predicted octanol–water partition coefficient (Wildman–Crippen LogP) is 2.12.